The monoisotopic (exact) mass is 212 g/mol. The molecule has 1 saturated carbocycles. The van der Waals surface area contributed by atoms with Gasteiger partial charge in [0, 0.05) is 12.1 Å². The van der Waals surface area contributed by atoms with Gasteiger partial charge < -0.3 is 5.11 Å². The third-order valence-electron chi connectivity index (χ3n) is 2.10. The lowest BCUT2D eigenvalue weighted by atomic mass is 10.3. The van der Waals surface area contributed by atoms with Gasteiger partial charge in [0.15, 0.2) is 0 Å². The molecule has 0 saturated heterocycles. The summed E-state index contributed by atoms with van der Waals surface area (Å²) >= 11 is 5.78. The smallest absolute Gasteiger partial charge is 0.309 e. The van der Waals surface area contributed by atoms with Crippen molar-refractivity contribution in [2.75, 3.05) is 0 Å². The van der Waals surface area contributed by atoms with E-state index in [2.05, 4.69) is 9.97 Å². The highest BCUT2D eigenvalue weighted by Crippen LogP contribution is 2.38. The molecule has 0 radical (unpaired) electrons. The molecule has 74 valence electrons. The Morgan fingerprint density at radius 2 is 2.36 bits per heavy atom. The first-order valence-corrected chi connectivity index (χ1v) is 4.77. The van der Waals surface area contributed by atoms with Crippen molar-refractivity contribution >= 4 is 17.6 Å². The van der Waals surface area contributed by atoms with Crippen LogP contribution in [0, 0.1) is 0 Å². The highest BCUT2D eigenvalue weighted by molar-refractivity contribution is 6.31. The molecule has 0 bridgehead atoms. The van der Waals surface area contributed by atoms with Crippen molar-refractivity contribution in [3.05, 3.63) is 22.7 Å². The summed E-state index contributed by atoms with van der Waals surface area (Å²) in [6.45, 7) is 0. The molecule has 1 heterocycles. The minimum absolute atomic E-state index is 0.138. The third-order valence-corrected chi connectivity index (χ3v) is 2.41. The van der Waals surface area contributed by atoms with Gasteiger partial charge in [0.05, 0.1) is 17.1 Å². The van der Waals surface area contributed by atoms with E-state index < -0.39 is 5.97 Å². The maximum Gasteiger partial charge on any atom is 0.309 e. The van der Waals surface area contributed by atoms with Crippen LogP contribution in [0.2, 0.25) is 5.02 Å². The number of halogens is 1. The van der Waals surface area contributed by atoms with Crippen LogP contribution in [-0.2, 0) is 11.2 Å². The molecular weight excluding hydrogens is 204 g/mol. The van der Waals surface area contributed by atoms with E-state index in [-0.39, 0.29) is 6.42 Å². The summed E-state index contributed by atoms with van der Waals surface area (Å²) in [5.41, 5.74) is 0.413. The van der Waals surface area contributed by atoms with Gasteiger partial charge in [0.2, 0.25) is 0 Å². The Balaban J connectivity index is 2.26. The zero-order valence-electron chi connectivity index (χ0n) is 7.40. The fourth-order valence-electron chi connectivity index (χ4n) is 1.22. The van der Waals surface area contributed by atoms with Crippen LogP contribution >= 0.6 is 11.6 Å². The van der Waals surface area contributed by atoms with E-state index >= 15 is 0 Å². The van der Waals surface area contributed by atoms with E-state index in [4.69, 9.17) is 16.7 Å². The zero-order chi connectivity index (χ0) is 10.1. The third kappa shape index (κ3) is 2.01. The van der Waals surface area contributed by atoms with Gasteiger partial charge in [0.1, 0.15) is 5.82 Å². The fourth-order valence-corrected chi connectivity index (χ4v) is 1.38. The van der Waals surface area contributed by atoms with Crippen molar-refractivity contribution in [3.8, 4) is 0 Å². The summed E-state index contributed by atoms with van der Waals surface area (Å²) in [5, 5.41) is 8.95. The van der Waals surface area contributed by atoms with E-state index in [9.17, 15) is 4.79 Å². The highest BCUT2D eigenvalue weighted by atomic mass is 35.5. The summed E-state index contributed by atoms with van der Waals surface area (Å²) in [5.74, 6) is 0.220. The summed E-state index contributed by atoms with van der Waals surface area (Å²) in [7, 11) is 0. The number of aromatic nitrogens is 2. The molecule has 1 aromatic rings. The molecule has 5 heteroatoms. The van der Waals surface area contributed by atoms with Crippen LogP contribution in [0.15, 0.2) is 6.20 Å². The minimum Gasteiger partial charge on any atom is -0.481 e. The molecule has 1 aromatic heterocycles. The van der Waals surface area contributed by atoms with Gasteiger partial charge in [-0.1, -0.05) is 11.6 Å². The predicted octanol–water partition coefficient (Wildman–Crippen LogP) is 1.63. The predicted molar refractivity (Wildman–Crippen MR) is 50.4 cm³/mol. The number of carboxylic acid groups (broad SMARTS) is 1. The van der Waals surface area contributed by atoms with Crippen LogP contribution in [0.4, 0.5) is 0 Å². The SMILES string of the molecule is O=C(O)Cc1nc(C2CC2)ncc1Cl. The fraction of sp³-hybridized carbons (Fsp3) is 0.444. The molecule has 0 atom stereocenters. The summed E-state index contributed by atoms with van der Waals surface area (Å²) < 4.78 is 0. The van der Waals surface area contributed by atoms with E-state index in [1.165, 1.54) is 6.20 Å². The molecule has 14 heavy (non-hydrogen) atoms. The molecule has 4 nitrogen and oxygen atoms in total. The maximum atomic E-state index is 10.5. The van der Waals surface area contributed by atoms with Crippen molar-refractivity contribution in [3.63, 3.8) is 0 Å². The van der Waals surface area contributed by atoms with Crippen LogP contribution in [0.25, 0.3) is 0 Å². The van der Waals surface area contributed by atoms with Gasteiger partial charge in [-0.05, 0) is 12.8 Å². The number of hydrogen-bond donors (Lipinski definition) is 1. The van der Waals surface area contributed by atoms with Crippen LogP contribution < -0.4 is 0 Å². The topological polar surface area (TPSA) is 63.1 Å². The average molecular weight is 213 g/mol. The molecule has 0 aromatic carbocycles. The molecule has 1 aliphatic rings. The highest BCUT2D eigenvalue weighted by Gasteiger charge is 2.27. The van der Waals surface area contributed by atoms with Crippen molar-refractivity contribution < 1.29 is 9.90 Å². The molecule has 1 fully saturated rings. The largest absolute Gasteiger partial charge is 0.481 e. The van der Waals surface area contributed by atoms with Crippen molar-refractivity contribution in [2.45, 2.75) is 25.2 Å². The number of hydrogen-bond acceptors (Lipinski definition) is 3. The molecule has 0 spiro atoms. The van der Waals surface area contributed by atoms with E-state index in [1.54, 1.807) is 0 Å². The van der Waals surface area contributed by atoms with Gasteiger partial charge >= 0.3 is 5.97 Å². The van der Waals surface area contributed by atoms with Crippen LogP contribution in [-0.4, -0.2) is 21.0 Å². The van der Waals surface area contributed by atoms with Gasteiger partial charge in [-0.25, -0.2) is 9.97 Å². The van der Waals surface area contributed by atoms with Gasteiger partial charge in [0.25, 0.3) is 0 Å². The molecule has 1 N–H and O–H groups in total. The minimum atomic E-state index is -0.924. The lowest BCUT2D eigenvalue weighted by Crippen LogP contribution is -2.05. The first kappa shape index (κ1) is 9.40. The number of carboxylic acids is 1. The Bertz CT molecular complexity index is 377. The van der Waals surface area contributed by atoms with E-state index in [1.807, 2.05) is 0 Å². The first-order valence-electron chi connectivity index (χ1n) is 4.40. The summed E-state index contributed by atoms with van der Waals surface area (Å²) in [4.78, 5) is 18.7. The number of rotatable bonds is 3. The van der Waals surface area contributed by atoms with Crippen molar-refractivity contribution in [2.24, 2.45) is 0 Å². The molecule has 1 aliphatic carbocycles. The van der Waals surface area contributed by atoms with Gasteiger partial charge in [-0.2, -0.15) is 0 Å². The zero-order valence-corrected chi connectivity index (χ0v) is 8.16. The summed E-state index contributed by atoms with van der Waals surface area (Å²) in [6, 6.07) is 0. The maximum absolute atomic E-state index is 10.5. The second-order valence-electron chi connectivity index (χ2n) is 3.37. The van der Waals surface area contributed by atoms with Crippen LogP contribution in [0.1, 0.15) is 30.3 Å². The van der Waals surface area contributed by atoms with Gasteiger partial charge in [-0.15, -0.1) is 0 Å². The lowest BCUT2D eigenvalue weighted by Gasteiger charge is -2.02. The molecule has 2 rings (SSSR count). The Hall–Kier alpha value is -1.16. The number of carbonyl (C=O) groups is 1. The second kappa shape index (κ2) is 3.53. The molecule has 0 amide bonds. The van der Waals surface area contributed by atoms with E-state index in [0.29, 0.717) is 16.6 Å². The number of nitrogens with zero attached hydrogens (tertiary/aromatic N) is 2. The first-order chi connectivity index (χ1) is 6.66. The Kier molecular flexibility index (Phi) is 2.37. The van der Waals surface area contributed by atoms with Crippen molar-refractivity contribution in [1.82, 2.24) is 9.97 Å². The second-order valence-corrected chi connectivity index (χ2v) is 3.77. The normalized spacial score (nSPS) is 15.5. The summed E-state index contributed by atoms with van der Waals surface area (Å²) in [6.07, 6.45) is 3.53. The quantitative estimate of drug-likeness (QED) is 0.827. The van der Waals surface area contributed by atoms with Gasteiger partial charge in [-0.3, -0.25) is 4.79 Å². The van der Waals surface area contributed by atoms with E-state index in [0.717, 1.165) is 18.7 Å². The number of aliphatic carboxylic acids is 1. The Morgan fingerprint density at radius 1 is 1.64 bits per heavy atom. The standard InChI is InChI=1S/C9H9ClN2O2/c10-6-4-11-9(5-1-2-5)12-7(6)3-8(13)14/h4-5H,1-3H2,(H,13,14). The Morgan fingerprint density at radius 3 is 2.93 bits per heavy atom. The molecular formula is C9H9ClN2O2. The lowest BCUT2D eigenvalue weighted by molar-refractivity contribution is -0.136. The van der Waals surface area contributed by atoms with Crippen LogP contribution in [0.3, 0.4) is 0 Å². The Labute approximate surface area is 85.9 Å². The average Bonchev–Trinajstić information content (AvgIpc) is 2.91. The molecule has 0 unspecified atom stereocenters. The molecule has 0 aliphatic heterocycles. The van der Waals surface area contributed by atoms with Crippen molar-refractivity contribution in [1.29, 1.82) is 0 Å². The van der Waals surface area contributed by atoms with Crippen LogP contribution in [0.5, 0.6) is 0 Å².